The molecule has 0 aromatic heterocycles. The molecule has 0 aliphatic heterocycles. The smallest absolute Gasteiger partial charge is 0.246 e. The van der Waals surface area contributed by atoms with Crippen LogP contribution >= 0.6 is 0 Å². The zero-order valence-corrected chi connectivity index (χ0v) is 12.1. The molecule has 0 saturated heterocycles. The number of rotatable bonds is 4. The van der Waals surface area contributed by atoms with Crippen molar-refractivity contribution in [2.75, 3.05) is 19.4 Å². The molecular weight excluding hydrogens is 293 g/mol. The second-order valence-corrected chi connectivity index (χ2v) is 4.99. The van der Waals surface area contributed by atoms with Crippen molar-refractivity contribution < 1.29 is 18.0 Å². The molecule has 0 aliphatic carbocycles. The van der Waals surface area contributed by atoms with E-state index in [9.17, 15) is 18.0 Å². The summed E-state index contributed by atoms with van der Waals surface area (Å²) in [5.74, 6) is -4.87. The predicted octanol–water partition coefficient (Wildman–Crippen LogP) is 3.35. The molecule has 0 fully saturated rings. The number of amides is 1. The van der Waals surface area contributed by atoms with Crippen LogP contribution in [-0.2, 0) is 4.79 Å². The summed E-state index contributed by atoms with van der Waals surface area (Å²) in [7, 11) is 3.39. The third-order valence-corrected chi connectivity index (χ3v) is 3.17. The van der Waals surface area contributed by atoms with Crippen LogP contribution in [0, 0.1) is 17.5 Å². The van der Waals surface area contributed by atoms with Gasteiger partial charge >= 0.3 is 0 Å². The highest BCUT2D eigenvalue weighted by Crippen LogP contribution is 2.23. The SMILES string of the molecule is CN(C)C(C(=O)Nc1ccc(F)c(F)c1F)c1ccccc1. The Balaban J connectivity index is 2.28. The Bertz CT molecular complexity index is 675. The molecule has 22 heavy (non-hydrogen) atoms. The van der Waals surface area contributed by atoms with Crippen molar-refractivity contribution in [3.63, 3.8) is 0 Å². The number of hydrogen-bond donors (Lipinski definition) is 1. The van der Waals surface area contributed by atoms with Crippen molar-refractivity contribution in [3.8, 4) is 0 Å². The van der Waals surface area contributed by atoms with Gasteiger partial charge in [-0.25, -0.2) is 13.2 Å². The van der Waals surface area contributed by atoms with Gasteiger partial charge in [-0.2, -0.15) is 0 Å². The second kappa shape index (κ2) is 6.62. The van der Waals surface area contributed by atoms with Gasteiger partial charge in [0.05, 0.1) is 5.69 Å². The number of halogens is 3. The lowest BCUT2D eigenvalue weighted by atomic mass is 10.1. The monoisotopic (exact) mass is 308 g/mol. The van der Waals surface area contributed by atoms with Crippen LogP contribution in [-0.4, -0.2) is 24.9 Å². The first kappa shape index (κ1) is 16.0. The van der Waals surface area contributed by atoms with Crippen LogP contribution in [0.15, 0.2) is 42.5 Å². The van der Waals surface area contributed by atoms with E-state index in [4.69, 9.17) is 0 Å². The summed E-state index contributed by atoms with van der Waals surface area (Å²) in [5, 5.41) is 2.30. The predicted molar refractivity (Wildman–Crippen MR) is 77.8 cm³/mol. The fraction of sp³-hybridized carbons (Fsp3) is 0.188. The average Bonchev–Trinajstić information content (AvgIpc) is 2.49. The van der Waals surface area contributed by atoms with Crippen molar-refractivity contribution >= 4 is 11.6 Å². The Kier molecular flexibility index (Phi) is 4.82. The summed E-state index contributed by atoms with van der Waals surface area (Å²) in [6.45, 7) is 0. The fourth-order valence-corrected chi connectivity index (χ4v) is 2.14. The molecule has 0 radical (unpaired) electrons. The van der Waals surface area contributed by atoms with Crippen LogP contribution in [0.25, 0.3) is 0 Å². The maximum Gasteiger partial charge on any atom is 0.246 e. The minimum absolute atomic E-state index is 0.397. The molecule has 116 valence electrons. The van der Waals surface area contributed by atoms with Crippen LogP contribution in [0.5, 0.6) is 0 Å². The number of carbonyl (C=O) groups excluding carboxylic acids is 1. The standard InChI is InChI=1S/C16H15F3N2O/c1-21(2)15(10-6-4-3-5-7-10)16(22)20-12-9-8-11(17)13(18)14(12)19/h3-9,15H,1-2H3,(H,20,22). The molecule has 1 amide bonds. The van der Waals surface area contributed by atoms with Crippen LogP contribution in [0.2, 0.25) is 0 Å². The van der Waals surface area contributed by atoms with Crippen LogP contribution < -0.4 is 5.32 Å². The van der Waals surface area contributed by atoms with Gasteiger partial charge < -0.3 is 5.32 Å². The molecule has 1 unspecified atom stereocenters. The lowest BCUT2D eigenvalue weighted by Gasteiger charge is -2.24. The first-order valence-electron chi connectivity index (χ1n) is 6.57. The fourth-order valence-electron chi connectivity index (χ4n) is 2.14. The highest BCUT2D eigenvalue weighted by atomic mass is 19.2. The molecule has 2 aromatic carbocycles. The van der Waals surface area contributed by atoms with E-state index in [1.54, 1.807) is 43.3 Å². The van der Waals surface area contributed by atoms with E-state index in [2.05, 4.69) is 5.32 Å². The largest absolute Gasteiger partial charge is 0.322 e. The minimum atomic E-state index is -1.61. The first-order valence-corrected chi connectivity index (χ1v) is 6.57. The molecule has 0 bridgehead atoms. The lowest BCUT2D eigenvalue weighted by Crippen LogP contribution is -2.32. The number of anilines is 1. The molecule has 1 N–H and O–H groups in total. The minimum Gasteiger partial charge on any atom is -0.322 e. The van der Waals surface area contributed by atoms with E-state index in [-0.39, 0.29) is 0 Å². The number of hydrogen-bond acceptors (Lipinski definition) is 2. The molecular formula is C16H15F3N2O. The number of nitrogens with one attached hydrogen (secondary N) is 1. The van der Waals surface area contributed by atoms with Crippen molar-refractivity contribution in [2.45, 2.75) is 6.04 Å². The van der Waals surface area contributed by atoms with Gasteiger partial charge in [-0.05, 0) is 31.8 Å². The number of carbonyl (C=O) groups is 1. The van der Waals surface area contributed by atoms with E-state index in [0.717, 1.165) is 12.1 Å². The number of likely N-dealkylation sites (N-methyl/N-ethyl adjacent to an activating group) is 1. The Morgan fingerprint density at radius 3 is 2.23 bits per heavy atom. The van der Waals surface area contributed by atoms with Gasteiger partial charge in [-0.1, -0.05) is 30.3 Å². The molecule has 2 rings (SSSR count). The first-order chi connectivity index (χ1) is 10.4. The normalized spacial score (nSPS) is 12.3. The molecule has 0 spiro atoms. The van der Waals surface area contributed by atoms with Gasteiger partial charge in [0.2, 0.25) is 5.91 Å². The highest BCUT2D eigenvalue weighted by molar-refractivity contribution is 5.95. The maximum atomic E-state index is 13.6. The summed E-state index contributed by atoms with van der Waals surface area (Å²) >= 11 is 0. The van der Waals surface area contributed by atoms with Gasteiger partial charge in [0.1, 0.15) is 6.04 Å². The highest BCUT2D eigenvalue weighted by Gasteiger charge is 2.24. The van der Waals surface area contributed by atoms with Crippen LogP contribution in [0.1, 0.15) is 11.6 Å². The third kappa shape index (κ3) is 3.28. The second-order valence-electron chi connectivity index (χ2n) is 4.99. The van der Waals surface area contributed by atoms with Crippen molar-refractivity contribution in [1.82, 2.24) is 4.90 Å². The Morgan fingerprint density at radius 2 is 1.64 bits per heavy atom. The van der Waals surface area contributed by atoms with Gasteiger partial charge in [0.25, 0.3) is 0 Å². The lowest BCUT2D eigenvalue weighted by molar-refractivity contribution is -0.120. The van der Waals surface area contributed by atoms with E-state index < -0.39 is 35.1 Å². The Hall–Kier alpha value is -2.34. The summed E-state index contributed by atoms with van der Waals surface area (Å²) in [6, 6.07) is 9.94. The Labute approximate surface area is 126 Å². The van der Waals surface area contributed by atoms with E-state index in [0.29, 0.717) is 5.56 Å². The third-order valence-electron chi connectivity index (χ3n) is 3.17. The van der Waals surface area contributed by atoms with E-state index in [1.807, 2.05) is 6.07 Å². The molecule has 1 atom stereocenters. The molecule has 0 saturated carbocycles. The summed E-state index contributed by atoms with van der Waals surface area (Å²) in [5.41, 5.74) is 0.305. The maximum absolute atomic E-state index is 13.6. The number of nitrogens with zero attached hydrogens (tertiary/aromatic N) is 1. The van der Waals surface area contributed by atoms with E-state index in [1.165, 1.54) is 0 Å². The van der Waals surface area contributed by atoms with E-state index >= 15 is 0 Å². The summed E-state index contributed by atoms with van der Waals surface area (Å²) in [6.07, 6.45) is 0. The quantitative estimate of drug-likeness (QED) is 0.879. The van der Waals surface area contributed by atoms with Gasteiger partial charge in [0.15, 0.2) is 17.5 Å². The molecule has 2 aromatic rings. The molecule has 0 aliphatic rings. The van der Waals surface area contributed by atoms with Crippen molar-refractivity contribution in [3.05, 3.63) is 65.5 Å². The molecule has 3 nitrogen and oxygen atoms in total. The molecule has 0 heterocycles. The van der Waals surface area contributed by atoms with Gasteiger partial charge in [-0.15, -0.1) is 0 Å². The van der Waals surface area contributed by atoms with Gasteiger partial charge in [0, 0.05) is 0 Å². The van der Waals surface area contributed by atoms with Crippen molar-refractivity contribution in [2.24, 2.45) is 0 Å². The van der Waals surface area contributed by atoms with Crippen LogP contribution in [0.4, 0.5) is 18.9 Å². The average molecular weight is 308 g/mol. The zero-order valence-electron chi connectivity index (χ0n) is 12.1. The topological polar surface area (TPSA) is 32.3 Å². The van der Waals surface area contributed by atoms with Crippen LogP contribution in [0.3, 0.4) is 0 Å². The number of benzene rings is 2. The van der Waals surface area contributed by atoms with Gasteiger partial charge in [-0.3, -0.25) is 9.69 Å². The summed E-state index contributed by atoms with van der Waals surface area (Å²) < 4.78 is 39.8. The Morgan fingerprint density at radius 1 is 1.00 bits per heavy atom. The van der Waals surface area contributed by atoms with Crippen molar-refractivity contribution in [1.29, 1.82) is 0 Å². The zero-order chi connectivity index (χ0) is 16.3. The molecule has 6 heteroatoms. The summed E-state index contributed by atoms with van der Waals surface area (Å²) in [4.78, 5) is 14.0.